The summed E-state index contributed by atoms with van der Waals surface area (Å²) in [5.74, 6) is 0. The Morgan fingerprint density at radius 1 is 1.45 bits per heavy atom. The zero-order chi connectivity index (χ0) is 14.2. The van der Waals surface area contributed by atoms with E-state index in [0.29, 0.717) is 0 Å². The smallest absolute Gasteiger partial charge is 0.0955 e. The molecule has 20 heavy (non-hydrogen) atoms. The summed E-state index contributed by atoms with van der Waals surface area (Å²) in [5.41, 5.74) is 3.50. The molecule has 1 saturated carbocycles. The van der Waals surface area contributed by atoms with Crippen molar-refractivity contribution in [2.75, 3.05) is 20.1 Å². The lowest BCUT2D eigenvalue weighted by atomic mass is 10.1. The molecule has 0 atom stereocenters. The molecule has 2 aromatic rings. The van der Waals surface area contributed by atoms with Crippen molar-refractivity contribution in [2.45, 2.75) is 19.3 Å². The second-order valence-corrected chi connectivity index (χ2v) is 6.06. The number of aryl methyl sites for hydroxylation is 1. The van der Waals surface area contributed by atoms with Crippen molar-refractivity contribution in [1.29, 1.82) is 5.26 Å². The van der Waals surface area contributed by atoms with Gasteiger partial charge in [-0.15, -0.1) is 0 Å². The molecule has 1 heterocycles. The minimum absolute atomic E-state index is 0.0420. The van der Waals surface area contributed by atoms with Crippen LogP contribution in [0.2, 0.25) is 0 Å². The second kappa shape index (κ2) is 4.92. The van der Waals surface area contributed by atoms with Crippen molar-refractivity contribution in [3.63, 3.8) is 0 Å². The van der Waals surface area contributed by atoms with Gasteiger partial charge in [0.25, 0.3) is 0 Å². The van der Waals surface area contributed by atoms with Gasteiger partial charge in [-0.1, -0.05) is 6.07 Å². The van der Waals surface area contributed by atoms with Gasteiger partial charge in [-0.3, -0.25) is 0 Å². The topological polar surface area (TPSA) is 44.9 Å². The zero-order valence-corrected chi connectivity index (χ0v) is 12.1. The predicted octanol–water partition coefficient (Wildman–Crippen LogP) is 2.35. The number of hydrogen-bond acceptors (Lipinski definition) is 3. The number of rotatable bonds is 5. The van der Waals surface area contributed by atoms with Gasteiger partial charge in [-0.25, -0.2) is 4.98 Å². The van der Waals surface area contributed by atoms with Crippen molar-refractivity contribution in [3.05, 3.63) is 30.1 Å². The van der Waals surface area contributed by atoms with Crippen LogP contribution < -0.4 is 0 Å². The van der Waals surface area contributed by atoms with E-state index in [4.69, 9.17) is 5.26 Å². The third-order valence-corrected chi connectivity index (χ3v) is 4.24. The fourth-order valence-corrected chi connectivity index (χ4v) is 2.71. The fourth-order valence-electron chi connectivity index (χ4n) is 2.71. The van der Waals surface area contributed by atoms with Crippen LogP contribution >= 0.6 is 0 Å². The Kier molecular flexibility index (Phi) is 3.23. The Labute approximate surface area is 119 Å². The minimum atomic E-state index is -0.0420. The van der Waals surface area contributed by atoms with Crippen LogP contribution in [0.3, 0.4) is 0 Å². The molecule has 0 spiro atoms. The van der Waals surface area contributed by atoms with Gasteiger partial charge < -0.3 is 9.47 Å². The molecule has 0 bridgehead atoms. The lowest BCUT2D eigenvalue weighted by molar-refractivity contribution is 0.297. The van der Waals surface area contributed by atoms with Gasteiger partial charge in [0, 0.05) is 20.1 Å². The average molecular weight is 268 g/mol. The van der Waals surface area contributed by atoms with Gasteiger partial charge in [0.1, 0.15) is 0 Å². The predicted molar refractivity (Wildman–Crippen MR) is 79.2 cm³/mol. The van der Waals surface area contributed by atoms with Crippen LogP contribution in [0.5, 0.6) is 0 Å². The van der Waals surface area contributed by atoms with E-state index in [-0.39, 0.29) is 5.41 Å². The molecule has 3 rings (SSSR count). The standard InChI is InChI=1S/C16H20N4/c1-19(11-16(10-17)6-7-16)8-5-13-3-4-15-14(9-13)18-12-20(15)2/h3-4,9,12H,5-8,11H2,1-2H3. The van der Waals surface area contributed by atoms with Gasteiger partial charge in [0.05, 0.1) is 28.8 Å². The number of fused-ring (bicyclic) bond motifs is 1. The molecule has 4 heteroatoms. The van der Waals surface area contributed by atoms with Crippen molar-refractivity contribution >= 4 is 11.0 Å². The van der Waals surface area contributed by atoms with Crippen LogP contribution in [-0.4, -0.2) is 34.6 Å². The lowest BCUT2D eigenvalue weighted by Gasteiger charge is -2.19. The molecule has 1 aliphatic rings. The van der Waals surface area contributed by atoms with Crippen molar-refractivity contribution in [1.82, 2.24) is 14.5 Å². The monoisotopic (exact) mass is 268 g/mol. The quantitative estimate of drug-likeness (QED) is 0.836. The number of nitrogens with zero attached hydrogens (tertiary/aromatic N) is 4. The highest BCUT2D eigenvalue weighted by Crippen LogP contribution is 2.45. The zero-order valence-electron chi connectivity index (χ0n) is 12.1. The summed E-state index contributed by atoms with van der Waals surface area (Å²) in [6.45, 7) is 1.89. The maximum atomic E-state index is 9.12. The first-order chi connectivity index (χ1) is 9.62. The summed E-state index contributed by atoms with van der Waals surface area (Å²) in [7, 11) is 4.12. The maximum absolute atomic E-state index is 9.12. The van der Waals surface area contributed by atoms with Gasteiger partial charge in [-0.2, -0.15) is 5.26 Å². The van der Waals surface area contributed by atoms with Crippen molar-refractivity contribution < 1.29 is 0 Å². The molecular weight excluding hydrogens is 248 g/mol. The van der Waals surface area contributed by atoms with Crippen LogP contribution in [0, 0.1) is 16.7 Å². The van der Waals surface area contributed by atoms with Crippen LogP contribution in [0.25, 0.3) is 11.0 Å². The fraction of sp³-hybridized carbons (Fsp3) is 0.500. The summed E-state index contributed by atoms with van der Waals surface area (Å²) < 4.78 is 2.04. The molecule has 0 saturated heterocycles. The van der Waals surface area contributed by atoms with E-state index in [9.17, 15) is 0 Å². The molecule has 1 aromatic heterocycles. The van der Waals surface area contributed by atoms with E-state index in [1.165, 1.54) is 11.1 Å². The Morgan fingerprint density at radius 3 is 2.95 bits per heavy atom. The van der Waals surface area contributed by atoms with Crippen molar-refractivity contribution in [3.8, 4) is 6.07 Å². The Morgan fingerprint density at radius 2 is 2.25 bits per heavy atom. The average Bonchev–Trinajstić information content (AvgIpc) is 3.13. The molecule has 4 nitrogen and oxygen atoms in total. The molecular formula is C16H20N4. The molecule has 1 fully saturated rings. The summed E-state index contributed by atoms with van der Waals surface area (Å²) >= 11 is 0. The molecule has 0 radical (unpaired) electrons. The third-order valence-electron chi connectivity index (χ3n) is 4.24. The van der Waals surface area contributed by atoms with Crippen LogP contribution in [0.15, 0.2) is 24.5 Å². The highest BCUT2D eigenvalue weighted by Gasteiger charge is 2.43. The van der Waals surface area contributed by atoms with E-state index in [1.807, 2.05) is 17.9 Å². The molecule has 104 valence electrons. The number of aromatic nitrogens is 2. The first-order valence-electron chi connectivity index (χ1n) is 7.12. The van der Waals surface area contributed by atoms with Gasteiger partial charge in [0.15, 0.2) is 0 Å². The summed E-state index contributed by atoms with van der Waals surface area (Å²) in [5, 5.41) is 9.12. The molecule has 1 aliphatic carbocycles. The van der Waals surface area contributed by atoms with E-state index in [1.54, 1.807) is 0 Å². The maximum Gasteiger partial charge on any atom is 0.0955 e. The normalized spacial score (nSPS) is 16.5. The Balaban J connectivity index is 1.60. The number of nitriles is 1. The number of hydrogen-bond donors (Lipinski definition) is 0. The van der Waals surface area contributed by atoms with Crippen LogP contribution in [0.1, 0.15) is 18.4 Å². The second-order valence-electron chi connectivity index (χ2n) is 6.06. The van der Waals surface area contributed by atoms with E-state index in [2.05, 4.69) is 41.2 Å². The third kappa shape index (κ3) is 2.54. The van der Waals surface area contributed by atoms with Gasteiger partial charge >= 0.3 is 0 Å². The van der Waals surface area contributed by atoms with Crippen LogP contribution in [0.4, 0.5) is 0 Å². The molecule has 0 amide bonds. The van der Waals surface area contributed by atoms with E-state index in [0.717, 1.165) is 37.9 Å². The first kappa shape index (κ1) is 13.1. The summed E-state index contributed by atoms with van der Waals surface area (Å²) in [6, 6.07) is 8.93. The molecule has 1 aromatic carbocycles. The number of imidazole rings is 1. The molecule has 0 unspecified atom stereocenters. The van der Waals surface area contributed by atoms with E-state index >= 15 is 0 Å². The lowest BCUT2D eigenvalue weighted by Crippen LogP contribution is -2.28. The van der Waals surface area contributed by atoms with Crippen molar-refractivity contribution in [2.24, 2.45) is 12.5 Å². The Hall–Kier alpha value is -1.86. The summed E-state index contributed by atoms with van der Waals surface area (Å²) in [4.78, 5) is 6.67. The van der Waals surface area contributed by atoms with Gasteiger partial charge in [-0.05, 0) is 44.0 Å². The largest absolute Gasteiger partial charge is 0.334 e. The number of benzene rings is 1. The minimum Gasteiger partial charge on any atom is -0.334 e. The first-order valence-corrected chi connectivity index (χ1v) is 7.12. The highest BCUT2D eigenvalue weighted by atomic mass is 15.1. The van der Waals surface area contributed by atoms with Crippen LogP contribution in [-0.2, 0) is 13.5 Å². The van der Waals surface area contributed by atoms with E-state index < -0.39 is 0 Å². The highest BCUT2D eigenvalue weighted by molar-refractivity contribution is 5.75. The molecule has 0 N–H and O–H groups in total. The Bertz CT molecular complexity index is 661. The van der Waals surface area contributed by atoms with Gasteiger partial charge in [0.2, 0.25) is 0 Å². The number of likely N-dealkylation sites (N-methyl/N-ethyl adjacent to an activating group) is 1. The SMILES string of the molecule is CN(CCc1ccc2c(c1)ncn2C)CC1(C#N)CC1. The summed E-state index contributed by atoms with van der Waals surface area (Å²) in [6.07, 6.45) is 4.98. The molecule has 0 aliphatic heterocycles.